The molecule has 0 amide bonds. The summed E-state index contributed by atoms with van der Waals surface area (Å²) in [4.78, 5) is 12.4. The van der Waals surface area contributed by atoms with Gasteiger partial charge in [0.2, 0.25) is 0 Å². The highest BCUT2D eigenvalue weighted by Crippen LogP contribution is 2.33. The van der Waals surface area contributed by atoms with Gasteiger partial charge in [-0.1, -0.05) is 19.1 Å². The Bertz CT molecular complexity index is 756. The van der Waals surface area contributed by atoms with Gasteiger partial charge in [-0.25, -0.2) is 4.79 Å². The lowest BCUT2D eigenvalue weighted by atomic mass is 10.0. The summed E-state index contributed by atoms with van der Waals surface area (Å²) in [5, 5.41) is -0.367. The molecule has 0 atom stereocenters. The third-order valence-corrected chi connectivity index (χ3v) is 4.99. The highest BCUT2D eigenvalue weighted by atomic mass is 32.2. The van der Waals surface area contributed by atoms with Crippen molar-refractivity contribution < 1.29 is 19.0 Å². The Morgan fingerprint density at radius 3 is 2.48 bits per heavy atom. The van der Waals surface area contributed by atoms with Crippen LogP contribution in [0.4, 0.5) is 4.79 Å². The van der Waals surface area contributed by atoms with Crippen LogP contribution in [0.3, 0.4) is 0 Å². The van der Waals surface area contributed by atoms with Crippen LogP contribution in [-0.4, -0.2) is 19.5 Å². The lowest BCUT2D eigenvalue weighted by Crippen LogP contribution is -2.04. The number of hydrogen-bond donors (Lipinski definition) is 0. The highest BCUT2D eigenvalue weighted by Gasteiger charge is 2.15. The maximum Gasteiger partial charge on any atom is 0.371 e. The van der Waals surface area contributed by atoms with Gasteiger partial charge in [-0.15, -0.1) is 0 Å². The van der Waals surface area contributed by atoms with E-state index in [2.05, 4.69) is 26.0 Å². The summed E-state index contributed by atoms with van der Waals surface area (Å²) in [5.41, 5.74) is 4.47. The predicted octanol–water partition coefficient (Wildman–Crippen LogP) is 5.31. The monoisotopic (exact) mass is 360 g/mol. The van der Waals surface area contributed by atoms with Gasteiger partial charge in [-0.3, -0.25) is 0 Å². The minimum Gasteiger partial charge on any atom is -0.496 e. The van der Waals surface area contributed by atoms with E-state index in [-0.39, 0.29) is 5.30 Å². The molecule has 25 heavy (non-hydrogen) atoms. The van der Waals surface area contributed by atoms with Crippen molar-refractivity contribution in [3.8, 4) is 11.5 Å². The number of methoxy groups -OCH3 is 2. The van der Waals surface area contributed by atoms with Gasteiger partial charge in [0.05, 0.1) is 14.2 Å². The molecule has 2 aromatic carbocycles. The van der Waals surface area contributed by atoms with Crippen LogP contribution in [0.15, 0.2) is 35.2 Å². The summed E-state index contributed by atoms with van der Waals surface area (Å²) >= 11 is 1.03. The number of benzene rings is 2. The van der Waals surface area contributed by atoms with E-state index in [1.807, 2.05) is 25.1 Å². The van der Waals surface area contributed by atoms with Crippen molar-refractivity contribution in [2.75, 3.05) is 14.2 Å². The number of ether oxygens (including phenoxy) is 3. The van der Waals surface area contributed by atoms with Crippen molar-refractivity contribution in [2.24, 2.45) is 0 Å². The number of thioether (sulfide) groups is 1. The van der Waals surface area contributed by atoms with E-state index in [9.17, 15) is 4.79 Å². The standard InChI is InChI=1S/C20H24O4S/c1-6-15-10-14(3)18(11-13(15)2)24-12-16-17(22-4)8-7-9-19(16)25-20(21)23-5/h7-11H,6,12H2,1-5H3. The molecular weight excluding hydrogens is 336 g/mol. The second kappa shape index (κ2) is 8.81. The Balaban J connectivity index is 2.28. The lowest BCUT2D eigenvalue weighted by molar-refractivity contribution is 0.200. The van der Waals surface area contributed by atoms with Crippen molar-refractivity contribution in [1.29, 1.82) is 0 Å². The first-order valence-electron chi connectivity index (χ1n) is 8.14. The maximum absolute atomic E-state index is 11.6. The largest absolute Gasteiger partial charge is 0.496 e. The molecule has 4 nitrogen and oxygen atoms in total. The van der Waals surface area contributed by atoms with Gasteiger partial charge in [0.25, 0.3) is 0 Å². The van der Waals surface area contributed by atoms with Gasteiger partial charge in [0, 0.05) is 10.5 Å². The normalized spacial score (nSPS) is 10.4. The topological polar surface area (TPSA) is 44.8 Å². The van der Waals surface area contributed by atoms with E-state index in [1.54, 1.807) is 7.11 Å². The van der Waals surface area contributed by atoms with Crippen LogP contribution in [0.5, 0.6) is 11.5 Å². The van der Waals surface area contributed by atoms with E-state index >= 15 is 0 Å². The van der Waals surface area contributed by atoms with Crippen LogP contribution in [-0.2, 0) is 17.8 Å². The van der Waals surface area contributed by atoms with Gasteiger partial charge < -0.3 is 14.2 Å². The van der Waals surface area contributed by atoms with Crippen LogP contribution >= 0.6 is 11.8 Å². The van der Waals surface area contributed by atoms with Crippen molar-refractivity contribution in [3.05, 3.63) is 52.6 Å². The molecule has 0 N–H and O–H groups in total. The van der Waals surface area contributed by atoms with Crippen molar-refractivity contribution in [3.63, 3.8) is 0 Å². The van der Waals surface area contributed by atoms with E-state index in [0.717, 1.165) is 40.0 Å². The fourth-order valence-corrected chi connectivity index (χ4v) is 3.33. The second-order valence-corrected chi connectivity index (χ2v) is 6.66. The van der Waals surface area contributed by atoms with Crippen LogP contribution in [0.1, 0.15) is 29.2 Å². The van der Waals surface area contributed by atoms with Crippen LogP contribution in [0.25, 0.3) is 0 Å². The van der Waals surface area contributed by atoms with E-state index in [0.29, 0.717) is 12.4 Å². The number of rotatable bonds is 6. The van der Waals surface area contributed by atoms with Crippen molar-refractivity contribution in [2.45, 2.75) is 38.7 Å². The van der Waals surface area contributed by atoms with Crippen LogP contribution < -0.4 is 9.47 Å². The average molecular weight is 360 g/mol. The number of carbonyl (C=O) groups is 1. The smallest absolute Gasteiger partial charge is 0.371 e. The minimum absolute atomic E-state index is 0.315. The van der Waals surface area contributed by atoms with Crippen LogP contribution in [0.2, 0.25) is 0 Å². The lowest BCUT2D eigenvalue weighted by Gasteiger charge is -2.16. The zero-order valence-corrected chi connectivity index (χ0v) is 16.2. The summed E-state index contributed by atoms with van der Waals surface area (Å²) < 4.78 is 16.2. The Labute approximate surface area is 153 Å². The molecule has 0 aliphatic rings. The summed E-state index contributed by atoms with van der Waals surface area (Å²) in [6.45, 7) is 6.59. The Hall–Kier alpha value is -2.14. The number of aryl methyl sites for hydroxylation is 3. The fourth-order valence-electron chi connectivity index (χ4n) is 2.64. The van der Waals surface area contributed by atoms with Crippen LogP contribution in [0, 0.1) is 13.8 Å². The summed E-state index contributed by atoms with van der Waals surface area (Å²) in [7, 11) is 2.98. The van der Waals surface area contributed by atoms with Gasteiger partial charge in [-0.05, 0) is 66.9 Å². The van der Waals surface area contributed by atoms with Crippen molar-refractivity contribution in [1.82, 2.24) is 0 Å². The molecule has 0 fully saturated rings. The first kappa shape index (κ1) is 19.2. The Kier molecular flexibility index (Phi) is 6.76. The molecule has 0 aliphatic carbocycles. The zero-order chi connectivity index (χ0) is 18.4. The SMILES string of the molecule is CCc1cc(C)c(OCc2c(OC)cccc2SC(=O)OC)cc1C. The molecule has 0 aliphatic heterocycles. The molecule has 0 saturated heterocycles. The molecule has 0 bridgehead atoms. The van der Waals surface area contributed by atoms with E-state index < -0.39 is 0 Å². The summed E-state index contributed by atoms with van der Waals surface area (Å²) in [5.74, 6) is 1.53. The Morgan fingerprint density at radius 2 is 1.84 bits per heavy atom. The quantitative estimate of drug-likeness (QED) is 0.516. The second-order valence-electron chi connectivity index (χ2n) is 5.68. The molecular formula is C20H24O4S. The molecule has 0 radical (unpaired) electrons. The average Bonchev–Trinajstić information content (AvgIpc) is 2.62. The molecule has 0 aromatic heterocycles. The Morgan fingerprint density at radius 1 is 1.08 bits per heavy atom. The molecule has 2 rings (SSSR count). The van der Waals surface area contributed by atoms with Gasteiger partial charge in [0.1, 0.15) is 18.1 Å². The molecule has 0 heterocycles. The molecule has 0 saturated carbocycles. The highest BCUT2D eigenvalue weighted by molar-refractivity contribution is 8.13. The third-order valence-electron chi connectivity index (χ3n) is 4.06. The maximum atomic E-state index is 11.6. The van der Waals surface area contributed by atoms with Gasteiger partial charge in [-0.2, -0.15) is 0 Å². The van der Waals surface area contributed by atoms with Crippen molar-refractivity contribution >= 4 is 17.1 Å². The number of carbonyl (C=O) groups excluding carboxylic acids is 1. The molecule has 5 heteroatoms. The first-order valence-corrected chi connectivity index (χ1v) is 8.96. The van der Waals surface area contributed by atoms with Gasteiger partial charge in [0.15, 0.2) is 0 Å². The fraction of sp³-hybridized carbons (Fsp3) is 0.350. The minimum atomic E-state index is -0.367. The summed E-state index contributed by atoms with van der Waals surface area (Å²) in [6, 6.07) is 9.80. The zero-order valence-electron chi connectivity index (χ0n) is 15.3. The predicted molar refractivity (Wildman–Crippen MR) is 101 cm³/mol. The van der Waals surface area contributed by atoms with E-state index in [1.165, 1.54) is 18.2 Å². The van der Waals surface area contributed by atoms with Gasteiger partial charge >= 0.3 is 5.30 Å². The number of hydrogen-bond acceptors (Lipinski definition) is 5. The molecule has 0 unspecified atom stereocenters. The van der Waals surface area contributed by atoms with E-state index in [4.69, 9.17) is 14.2 Å². The summed E-state index contributed by atoms with van der Waals surface area (Å²) in [6.07, 6.45) is 0.999. The molecule has 2 aromatic rings. The molecule has 134 valence electrons. The molecule has 0 spiro atoms. The third kappa shape index (κ3) is 4.69. The first-order chi connectivity index (χ1) is 12.0.